The normalized spacial score (nSPS) is 24.2. The molecule has 0 aromatic heterocycles. The number of aryl methyl sites for hydroxylation is 1. The fourth-order valence-electron chi connectivity index (χ4n) is 3.91. The number of rotatable bonds is 0. The molecule has 0 aliphatic carbocycles. The molecule has 2 nitrogen and oxygen atoms in total. The predicted molar refractivity (Wildman–Crippen MR) is 83.6 cm³/mol. The van der Waals surface area contributed by atoms with E-state index in [9.17, 15) is 0 Å². The van der Waals surface area contributed by atoms with Gasteiger partial charge in [-0.2, -0.15) is 0 Å². The molecule has 2 heteroatoms. The van der Waals surface area contributed by atoms with Gasteiger partial charge in [-0.05, 0) is 56.7 Å². The molecule has 0 radical (unpaired) electrons. The highest BCUT2D eigenvalue weighted by atomic mass is 16.5. The zero-order valence-electron chi connectivity index (χ0n) is 13.5. The van der Waals surface area contributed by atoms with Gasteiger partial charge >= 0.3 is 0 Å². The highest BCUT2D eigenvalue weighted by Gasteiger charge is 2.46. The van der Waals surface area contributed by atoms with Crippen molar-refractivity contribution < 1.29 is 4.74 Å². The summed E-state index contributed by atoms with van der Waals surface area (Å²) in [6.45, 7) is 11.4. The van der Waals surface area contributed by atoms with E-state index in [4.69, 9.17) is 4.74 Å². The zero-order chi connectivity index (χ0) is 14.5. The molecule has 0 unspecified atom stereocenters. The molecular formula is C18H27NO. The Morgan fingerprint density at radius 2 is 1.75 bits per heavy atom. The molecule has 1 spiro atoms. The lowest BCUT2D eigenvalue weighted by molar-refractivity contribution is -0.0294. The van der Waals surface area contributed by atoms with Gasteiger partial charge in [-0.3, -0.25) is 0 Å². The van der Waals surface area contributed by atoms with Gasteiger partial charge in [-0.15, -0.1) is 0 Å². The van der Waals surface area contributed by atoms with Crippen LogP contribution in [0.4, 0.5) is 0 Å². The number of hydrogen-bond acceptors (Lipinski definition) is 2. The Balaban J connectivity index is 2.04. The molecule has 20 heavy (non-hydrogen) atoms. The lowest BCUT2D eigenvalue weighted by Crippen LogP contribution is -2.52. The van der Waals surface area contributed by atoms with Crippen molar-refractivity contribution in [3.05, 3.63) is 28.8 Å². The molecular weight excluding hydrogens is 246 g/mol. The van der Waals surface area contributed by atoms with Crippen LogP contribution in [0.5, 0.6) is 5.75 Å². The Kier molecular flexibility index (Phi) is 3.13. The van der Waals surface area contributed by atoms with E-state index in [1.54, 1.807) is 0 Å². The predicted octanol–water partition coefficient (Wildman–Crippen LogP) is 3.83. The number of hydrogen-bond donors (Lipinski definition) is 0. The monoisotopic (exact) mass is 273 g/mol. The van der Waals surface area contributed by atoms with Crippen LogP contribution in [0.15, 0.2) is 12.1 Å². The van der Waals surface area contributed by atoms with E-state index in [1.165, 1.54) is 22.4 Å². The quantitative estimate of drug-likeness (QED) is 0.712. The van der Waals surface area contributed by atoms with Crippen molar-refractivity contribution in [2.24, 2.45) is 0 Å². The van der Waals surface area contributed by atoms with Crippen molar-refractivity contribution in [3.63, 3.8) is 0 Å². The number of benzene rings is 1. The summed E-state index contributed by atoms with van der Waals surface area (Å²) in [6.07, 6.45) is 3.45. The number of fused-ring (bicyclic) bond motifs is 1. The van der Waals surface area contributed by atoms with Crippen LogP contribution in [0.1, 0.15) is 49.8 Å². The minimum absolute atomic E-state index is 0.0571. The average molecular weight is 273 g/mol. The molecule has 0 saturated carbocycles. The van der Waals surface area contributed by atoms with Crippen molar-refractivity contribution in [3.8, 4) is 5.75 Å². The van der Waals surface area contributed by atoms with Crippen LogP contribution in [0.3, 0.4) is 0 Å². The third-order valence-electron chi connectivity index (χ3n) is 5.39. The Morgan fingerprint density at radius 1 is 1.10 bits per heavy atom. The van der Waals surface area contributed by atoms with Crippen LogP contribution >= 0.6 is 0 Å². The summed E-state index contributed by atoms with van der Waals surface area (Å²) < 4.78 is 6.63. The first-order chi connectivity index (χ1) is 9.33. The molecule has 110 valence electrons. The van der Waals surface area contributed by atoms with E-state index in [0.29, 0.717) is 0 Å². The van der Waals surface area contributed by atoms with Crippen molar-refractivity contribution in [2.45, 2.75) is 58.0 Å². The minimum atomic E-state index is 0.0571. The van der Waals surface area contributed by atoms with Gasteiger partial charge in [0.1, 0.15) is 11.4 Å². The highest BCUT2D eigenvalue weighted by Crippen LogP contribution is 2.49. The van der Waals surface area contributed by atoms with Crippen LogP contribution < -0.4 is 4.74 Å². The maximum Gasteiger partial charge on any atom is 0.127 e. The second kappa shape index (κ2) is 4.49. The Labute approximate surface area is 123 Å². The van der Waals surface area contributed by atoms with E-state index in [-0.39, 0.29) is 11.0 Å². The van der Waals surface area contributed by atoms with Crippen molar-refractivity contribution in [1.82, 2.24) is 4.90 Å². The zero-order valence-corrected chi connectivity index (χ0v) is 13.5. The first-order valence-corrected chi connectivity index (χ1v) is 7.81. The fourth-order valence-corrected chi connectivity index (χ4v) is 3.91. The molecule has 0 amide bonds. The van der Waals surface area contributed by atoms with Crippen LogP contribution in [-0.2, 0) is 5.41 Å². The number of likely N-dealkylation sites (tertiary alicyclic amines) is 1. The number of ether oxygens (including phenoxy) is 1. The first kappa shape index (κ1) is 13.9. The summed E-state index contributed by atoms with van der Waals surface area (Å²) in [5.41, 5.74) is 4.33. The third kappa shape index (κ3) is 2.14. The number of nitrogens with zero attached hydrogens (tertiary/aromatic N) is 1. The first-order valence-electron chi connectivity index (χ1n) is 7.81. The summed E-state index contributed by atoms with van der Waals surface area (Å²) >= 11 is 0. The molecule has 1 saturated heterocycles. The summed E-state index contributed by atoms with van der Waals surface area (Å²) in [5, 5.41) is 0. The minimum Gasteiger partial charge on any atom is -0.487 e. The largest absolute Gasteiger partial charge is 0.487 e. The molecule has 2 aliphatic heterocycles. The van der Waals surface area contributed by atoms with E-state index < -0.39 is 0 Å². The SMILES string of the molecule is Cc1ccc2c(c1C)OC1(CCN(C)CC1)CC2(C)C. The Bertz CT molecular complexity index is 524. The average Bonchev–Trinajstić information content (AvgIpc) is 2.38. The highest BCUT2D eigenvalue weighted by molar-refractivity contribution is 5.50. The summed E-state index contributed by atoms with van der Waals surface area (Å²) in [6, 6.07) is 4.52. The molecule has 1 fully saturated rings. The smallest absolute Gasteiger partial charge is 0.127 e. The summed E-state index contributed by atoms with van der Waals surface area (Å²) in [7, 11) is 2.21. The molecule has 3 rings (SSSR count). The maximum atomic E-state index is 6.63. The van der Waals surface area contributed by atoms with Gasteiger partial charge in [0.2, 0.25) is 0 Å². The second-order valence-corrected chi connectivity index (χ2v) is 7.53. The van der Waals surface area contributed by atoms with E-state index in [2.05, 4.69) is 51.8 Å². The van der Waals surface area contributed by atoms with Gasteiger partial charge < -0.3 is 9.64 Å². The molecule has 2 aliphatic rings. The van der Waals surface area contributed by atoms with Gasteiger partial charge in [-0.1, -0.05) is 26.0 Å². The summed E-state index contributed by atoms with van der Waals surface area (Å²) in [4.78, 5) is 2.42. The molecule has 0 atom stereocenters. The lowest BCUT2D eigenvalue weighted by atomic mass is 9.69. The Hall–Kier alpha value is -1.02. The maximum absolute atomic E-state index is 6.63. The summed E-state index contributed by atoms with van der Waals surface area (Å²) in [5.74, 6) is 1.17. The Morgan fingerprint density at radius 3 is 2.40 bits per heavy atom. The van der Waals surface area contributed by atoms with E-state index in [1.807, 2.05) is 0 Å². The number of piperidine rings is 1. The van der Waals surface area contributed by atoms with E-state index >= 15 is 0 Å². The fraction of sp³-hybridized carbons (Fsp3) is 0.667. The van der Waals surface area contributed by atoms with Crippen molar-refractivity contribution in [1.29, 1.82) is 0 Å². The lowest BCUT2D eigenvalue weighted by Gasteiger charge is -2.49. The molecule has 0 bridgehead atoms. The van der Waals surface area contributed by atoms with Gasteiger partial charge in [0.15, 0.2) is 0 Å². The molecule has 2 heterocycles. The molecule has 1 aromatic carbocycles. The standard InChI is InChI=1S/C18H27NO/c1-13-6-7-15-16(14(13)2)20-18(12-17(15,3)4)8-10-19(5)11-9-18/h6-7H,8-12H2,1-5H3. The third-order valence-corrected chi connectivity index (χ3v) is 5.39. The van der Waals surface area contributed by atoms with Gasteiger partial charge in [0, 0.05) is 18.7 Å². The second-order valence-electron chi connectivity index (χ2n) is 7.53. The van der Waals surface area contributed by atoms with Gasteiger partial charge in [-0.25, -0.2) is 0 Å². The van der Waals surface area contributed by atoms with Crippen LogP contribution in [-0.4, -0.2) is 30.6 Å². The topological polar surface area (TPSA) is 12.5 Å². The molecule has 1 aromatic rings. The van der Waals surface area contributed by atoms with Gasteiger partial charge in [0.25, 0.3) is 0 Å². The van der Waals surface area contributed by atoms with E-state index in [0.717, 1.165) is 32.4 Å². The van der Waals surface area contributed by atoms with Crippen molar-refractivity contribution >= 4 is 0 Å². The van der Waals surface area contributed by atoms with Crippen molar-refractivity contribution in [2.75, 3.05) is 20.1 Å². The van der Waals surface area contributed by atoms with Gasteiger partial charge in [0.05, 0.1) is 0 Å². The van der Waals surface area contributed by atoms with Crippen LogP contribution in [0.25, 0.3) is 0 Å². The molecule has 0 N–H and O–H groups in total. The van der Waals surface area contributed by atoms with Crippen LogP contribution in [0, 0.1) is 13.8 Å². The van der Waals surface area contributed by atoms with Crippen LogP contribution in [0.2, 0.25) is 0 Å².